The molecule has 17 heavy (non-hydrogen) atoms. The molecule has 0 heterocycles. The summed E-state index contributed by atoms with van der Waals surface area (Å²) in [5.74, 6) is 0.110. The summed E-state index contributed by atoms with van der Waals surface area (Å²) in [4.78, 5) is 11.3. The molecule has 2 atom stereocenters. The molecule has 0 aliphatic rings. The second kappa shape index (κ2) is 6.80. The molecule has 1 aromatic rings. The monoisotopic (exact) mass is 298 g/mol. The van der Waals surface area contributed by atoms with E-state index in [4.69, 9.17) is 4.74 Å². The molecule has 0 unspecified atom stereocenters. The number of carbonyl (C=O) groups excluding carboxylic acids is 1. The zero-order chi connectivity index (χ0) is 12.8. The molecule has 0 N–H and O–H groups in total. The Morgan fingerprint density at radius 3 is 2.35 bits per heavy atom. The molecular weight excluding hydrogens is 280 g/mol. The van der Waals surface area contributed by atoms with Crippen LogP contribution in [0.1, 0.15) is 37.6 Å². The maximum Gasteiger partial charge on any atom is 0.302 e. The Kier molecular flexibility index (Phi) is 5.69. The number of alkyl halides is 1. The van der Waals surface area contributed by atoms with E-state index in [1.54, 1.807) is 0 Å². The van der Waals surface area contributed by atoms with Gasteiger partial charge in [0.25, 0.3) is 0 Å². The van der Waals surface area contributed by atoms with Gasteiger partial charge >= 0.3 is 5.97 Å². The van der Waals surface area contributed by atoms with Gasteiger partial charge in [0.1, 0.15) is 6.10 Å². The topological polar surface area (TPSA) is 26.3 Å². The Morgan fingerprint density at radius 1 is 1.29 bits per heavy atom. The fourth-order valence-electron chi connectivity index (χ4n) is 1.67. The van der Waals surface area contributed by atoms with Gasteiger partial charge in [-0.15, -0.1) is 0 Å². The van der Waals surface area contributed by atoms with E-state index < -0.39 is 0 Å². The first kappa shape index (κ1) is 14.2. The van der Waals surface area contributed by atoms with Crippen molar-refractivity contribution in [3.05, 3.63) is 35.9 Å². The van der Waals surface area contributed by atoms with E-state index >= 15 is 0 Å². The minimum absolute atomic E-state index is 0.0444. The fraction of sp³-hybridized carbons (Fsp3) is 0.500. The second-order valence-corrected chi connectivity index (χ2v) is 5.61. The Morgan fingerprint density at radius 2 is 1.88 bits per heavy atom. The van der Waals surface area contributed by atoms with Crippen molar-refractivity contribution in [2.24, 2.45) is 5.92 Å². The summed E-state index contributed by atoms with van der Waals surface area (Å²) in [6.07, 6.45) is 0.749. The Bertz CT molecular complexity index is 348. The Labute approximate surface area is 111 Å². The first-order valence-corrected chi connectivity index (χ1v) is 6.78. The van der Waals surface area contributed by atoms with E-state index in [1.807, 2.05) is 18.2 Å². The number of ether oxygens (including phenoxy) is 1. The normalized spacial score (nSPS) is 14.4. The highest BCUT2D eigenvalue weighted by Gasteiger charge is 2.21. The van der Waals surface area contributed by atoms with Crippen molar-refractivity contribution in [2.75, 3.05) is 0 Å². The van der Waals surface area contributed by atoms with Gasteiger partial charge in [-0.25, -0.2) is 0 Å². The number of halogens is 1. The van der Waals surface area contributed by atoms with Crippen LogP contribution >= 0.6 is 15.9 Å². The third-order valence-corrected chi connectivity index (χ3v) is 3.56. The summed E-state index contributed by atoms with van der Waals surface area (Å²) in [5.41, 5.74) is 1.21. The van der Waals surface area contributed by atoms with Crippen molar-refractivity contribution < 1.29 is 9.53 Å². The first-order chi connectivity index (χ1) is 8.00. The summed E-state index contributed by atoms with van der Waals surface area (Å²) < 4.78 is 5.33. The quantitative estimate of drug-likeness (QED) is 0.604. The van der Waals surface area contributed by atoms with Crippen LogP contribution in [0.2, 0.25) is 0 Å². The van der Waals surface area contributed by atoms with Crippen molar-refractivity contribution in [1.29, 1.82) is 0 Å². The predicted molar refractivity (Wildman–Crippen MR) is 73.1 cm³/mol. The van der Waals surface area contributed by atoms with Gasteiger partial charge in [-0.3, -0.25) is 4.79 Å². The van der Waals surface area contributed by atoms with Crippen LogP contribution < -0.4 is 0 Å². The fourth-order valence-corrected chi connectivity index (χ4v) is 2.35. The van der Waals surface area contributed by atoms with Crippen LogP contribution in [0.5, 0.6) is 0 Å². The van der Waals surface area contributed by atoms with Crippen LogP contribution in [0.25, 0.3) is 0 Å². The lowest BCUT2D eigenvalue weighted by Crippen LogP contribution is -2.23. The molecule has 0 fully saturated rings. The molecule has 0 saturated carbocycles. The van der Waals surface area contributed by atoms with Gasteiger partial charge in [0.05, 0.1) is 0 Å². The lowest BCUT2D eigenvalue weighted by molar-refractivity contribution is -0.148. The van der Waals surface area contributed by atoms with E-state index in [-0.39, 0.29) is 16.9 Å². The summed E-state index contributed by atoms with van der Waals surface area (Å²) in [6.45, 7) is 5.60. The number of benzene rings is 1. The average Bonchev–Trinajstić information content (AvgIpc) is 2.28. The van der Waals surface area contributed by atoms with Gasteiger partial charge in [-0.2, -0.15) is 0 Å². The molecule has 0 bridgehead atoms. The molecule has 2 nitrogen and oxygen atoms in total. The molecule has 0 amide bonds. The van der Waals surface area contributed by atoms with Crippen LogP contribution in [0, 0.1) is 5.92 Å². The van der Waals surface area contributed by atoms with Crippen molar-refractivity contribution >= 4 is 21.9 Å². The third-order valence-electron chi connectivity index (χ3n) is 2.66. The lowest BCUT2D eigenvalue weighted by Gasteiger charge is -2.23. The third kappa shape index (κ3) is 4.90. The zero-order valence-corrected chi connectivity index (χ0v) is 12.1. The number of carbonyl (C=O) groups is 1. The molecule has 0 saturated heterocycles. The van der Waals surface area contributed by atoms with Crippen molar-refractivity contribution in [1.82, 2.24) is 0 Å². The maximum absolute atomic E-state index is 11.0. The zero-order valence-electron chi connectivity index (χ0n) is 10.5. The highest BCUT2D eigenvalue weighted by atomic mass is 79.9. The summed E-state index contributed by atoms with van der Waals surface area (Å²) >= 11 is 3.65. The van der Waals surface area contributed by atoms with E-state index in [1.165, 1.54) is 12.5 Å². The van der Waals surface area contributed by atoms with Gasteiger partial charge in [0, 0.05) is 18.2 Å². The average molecular weight is 299 g/mol. The lowest BCUT2D eigenvalue weighted by atomic mass is 9.99. The molecule has 0 aromatic heterocycles. The van der Waals surface area contributed by atoms with Crippen LogP contribution in [0.15, 0.2) is 30.3 Å². The second-order valence-electron chi connectivity index (χ2n) is 4.51. The molecule has 0 spiro atoms. The Balaban J connectivity index is 2.64. The van der Waals surface area contributed by atoms with E-state index in [0.29, 0.717) is 5.92 Å². The van der Waals surface area contributed by atoms with Crippen LogP contribution in [0.3, 0.4) is 0 Å². The first-order valence-electron chi connectivity index (χ1n) is 5.87. The largest absolute Gasteiger partial charge is 0.462 e. The van der Waals surface area contributed by atoms with E-state index in [2.05, 4.69) is 41.9 Å². The molecule has 1 rings (SSSR count). The number of hydrogen-bond donors (Lipinski definition) is 0. The molecule has 0 radical (unpaired) electrons. The summed E-state index contributed by atoms with van der Waals surface area (Å²) in [6, 6.07) is 10.2. The number of rotatable bonds is 5. The van der Waals surface area contributed by atoms with Crippen LogP contribution in [0.4, 0.5) is 0 Å². The van der Waals surface area contributed by atoms with Gasteiger partial charge < -0.3 is 4.74 Å². The maximum atomic E-state index is 11.0. The number of esters is 1. The smallest absolute Gasteiger partial charge is 0.302 e. The van der Waals surface area contributed by atoms with Gasteiger partial charge in [-0.05, 0) is 11.5 Å². The minimum Gasteiger partial charge on any atom is -0.462 e. The SMILES string of the molecule is CC(=O)O[C@H](C[C@@H](Br)c1ccccc1)C(C)C. The number of hydrogen-bond acceptors (Lipinski definition) is 2. The minimum atomic E-state index is -0.212. The van der Waals surface area contributed by atoms with Crippen molar-refractivity contribution in [3.8, 4) is 0 Å². The van der Waals surface area contributed by atoms with Crippen LogP contribution in [-0.2, 0) is 9.53 Å². The molecule has 3 heteroatoms. The summed E-state index contributed by atoms with van der Waals surface area (Å²) in [7, 11) is 0. The van der Waals surface area contributed by atoms with Crippen molar-refractivity contribution in [3.63, 3.8) is 0 Å². The highest BCUT2D eigenvalue weighted by Crippen LogP contribution is 2.30. The standard InChI is InChI=1S/C14H19BrO2/c1-10(2)14(17-11(3)16)9-13(15)12-7-5-4-6-8-12/h4-8,10,13-14H,9H2,1-3H3/t13-,14-/m1/s1. The molecule has 1 aromatic carbocycles. The van der Waals surface area contributed by atoms with Crippen LogP contribution in [-0.4, -0.2) is 12.1 Å². The molecular formula is C14H19BrO2. The van der Waals surface area contributed by atoms with E-state index in [9.17, 15) is 4.79 Å². The molecule has 0 aliphatic carbocycles. The Hall–Kier alpha value is -0.830. The summed E-state index contributed by atoms with van der Waals surface area (Å²) in [5, 5.41) is 0. The van der Waals surface area contributed by atoms with Gasteiger partial charge in [-0.1, -0.05) is 60.1 Å². The molecule has 94 valence electrons. The predicted octanol–water partition coefficient (Wildman–Crippen LogP) is 4.10. The highest BCUT2D eigenvalue weighted by molar-refractivity contribution is 9.09. The van der Waals surface area contributed by atoms with Crippen molar-refractivity contribution in [2.45, 2.75) is 38.1 Å². The van der Waals surface area contributed by atoms with Gasteiger partial charge in [0.15, 0.2) is 0 Å². The molecule has 0 aliphatic heterocycles. The van der Waals surface area contributed by atoms with E-state index in [0.717, 1.165) is 6.42 Å². The van der Waals surface area contributed by atoms with Gasteiger partial charge in [0.2, 0.25) is 0 Å².